The molecule has 3 N–H and O–H groups in total. The van der Waals surface area contributed by atoms with Gasteiger partial charge in [-0.05, 0) is 56.1 Å². The van der Waals surface area contributed by atoms with Gasteiger partial charge in [-0.1, -0.05) is 31.9 Å². The molecule has 31 heavy (non-hydrogen) atoms. The summed E-state index contributed by atoms with van der Waals surface area (Å²) in [6, 6.07) is 5.59. The third-order valence-corrected chi connectivity index (χ3v) is 7.26. The molecule has 1 saturated heterocycles. The Bertz CT molecular complexity index is 1050. The van der Waals surface area contributed by atoms with Crippen LogP contribution in [-0.2, 0) is 17.6 Å². The average molecular weight is 423 g/mol. The van der Waals surface area contributed by atoms with Gasteiger partial charge in [0.25, 0.3) is 11.8 Å². The Hall–Kier alpha value is -2.83. The lowest BCUT2D eigenvalue weighted by Crippen LogP contribution is -2.44. The third-order valence-electron chi connectivity index (χ3n) is 7.26. The van der Waals surface area contributed by atoms with Crippen LogP contribution in [0.25, 0.3) is 10.9 Å². The number of hydrogen-bond donors (Lipinski definition) is 3. The largest absolute Gasteiger partial charge is 0.358 e. The molecule has 164 valence electrons. The summed E-state index contributed by atoms with van der Waals surface area (Å²) in [5.41, 5.74) is 3.51. The van der Waals surface area contributed by atoms with E-state index in [0.717, 1.165) is 49.4 Å². The smallest absolute Gasteiger partial charge is 0.325 e. The summed E-state index contributed by atoms with van der Waals surface area (Å²) in [5.74, 6) is 0.442. The van der Waals surface area contributed by atoms with E-state index in [1.54, 1.807) is 0 Å². The molecule has 2 aliphatic carbocycles. The molecule has 1 spiro atoms. The lowest BCUT2D eigenvalue weighted by Gasteiger charge is -2.20. The lowest BCUT2D eigenvalue weighted by atomic mass is 9.87. The number of aryl methyl sites for hydroxylation is 1. The highest BCUT2D eigenvalue weighted by Gasteiger charge is 2.51. The van der Waals surface area contributed by atoms with E-state index < -0.39 is 5.54 Å². The van der Waals surface area contributed by atoms with Gasteiger partial charge in [-0.2, -0.15) is 0 Å². The zero-order valence-electron chi connectivity index (χ0n) is 18.1. The minimum atomic E-state index is -0.666. The summed E-state index contributed by atoms with van der Waals surface area (Å²) < 4.78 is 0. The van der Waals surface area contributed by atoms with E-state index in [-0.39, 0.29) is 17.8 Å². The third kappa shape index (κ3) is 3.40. The molecule has 0 bridgehead atoms. The number of aromatic nitrogens is 1. The quantitative estimate of drug-likeness (QED) is 0.510. The molecule has 3 aliphatic rings. The molecule has 7 heteroatoms. The monoisotopic (exact) mass is 422 g/mol. The van der Waals surface area contributed by atoms with Crippen molar-refractivity contribution in [3.8, 4) is 0 Å². The summed E-state index contributed by atoms with van der Waals surface area (Å²) in [7, 11) is 0. The number of hydrogen-bond acceptors (Lipinski definition) is 3. The SMILES string of the molecule is C[C@@H]1CCc2[nH]c3c(C(=O)NCCCN4C(=O)NC5(CCCC5)C4=O)cccc3c2C1. The fraction of sp³-hybridized carbons (Fsp3) is 0.542. The van der Waals surface area contributed by atoms with Gasteiger partial charge in [0.2, 0.25) is 0 Å². The molecule has 2 heterocycles. The van der Waals surface area contributed by atoms with Gasteiger partial charge in [0.15, 0.2) is 0 Å². The minimum absolute atomic E-state index is 0.0997. The number of fused-ring (bicyclic) bond motifs is 3. The Kier molecular flexibility index (Phi) is 4.99. The average Bonchev–Trinajstić information content (AvgIpc) is 3.43. The molecule has 1 aliphatic heterocycles. The number of nitrogens with zero attached hydrogens (tertiary/aromatic N) is 1. The van der Waals surface area contributed by atoms with E-state index in [1.165, 1.54) is 22.6 Å². The van der Waals surface area contributed by atoms with Gasteiger partial charge in [-0.3, -0.25) is 14.5 Å². The normalized spacial score (nSPS) is 22.2. The van der Waals surface area contributed by atoms with E-state index >= 15 is 0 Å². The molecule has 2 fully saturated rings. The van der Waals surface area contributed by atoms with Crippen LogP contribution in [0.15, 0.2) is 18.2 Å². The molecule has 1 saturated carbocycles. The predicted octanol–water partition coefficient (Wildman–Crippen LogP) is 3.28. The summed E-state index contributed by atoms with van der Waals surface area (Å²) in [6.07, 6.45) is 7.20. The fourth-order valence-corrected chi connectivity index (χ4v) is 5.54. The van der Waals surface area contributed by atoms with Crippen molar-refractivity contribution in [1.29, 1.82) is 0 Å². The number of carbonyl (C=O) groups is 3. The number of imide groups is 1. The zero-order chi connectivity index (χ0) is 21.6. The van der Waals surface area contributed by atoms with E-state index in [2.05, 4.69) is 28.6 Å². The summed E-state index contributed by atoms with van der Waals surface area (Å²) >= 11 is 0. The minimum Gasteiger partial charge on any atom is -0.358 e. The highest BCUT2D eigenvalue weighted by molar-refractivity contribution is 6.07. The van der Waals surface area contributed by atoms with Crippen molar-refractivity contribution in [2.75, 3.05) is 13.1 Å². The molecule has 1 atom stereocenters. The number of H-pyrrole nitrogens is 1. The van der Waals surface area contributed by atoms with Crippen LogP contribution >= 0.6 is 0 Å². The first kappa shape index (κ1) is 20.1. The number of benzene rings is 1. The zero-order valence-corrected chi connectivity index (χ0v) is 18.1. The highest BCUT2D eigenvalue weighted by atomic mass is 16.2. The van der Waals surface area contributed by atoms with Gasteiger partial charge < -0.3 is 15.6 Å². The van der Waals surface area contributed by atoms with E-state index in [9.17, 15) is 14.4 Å². The van der Waals surface area contributed by atoms with Crippen LogP contribution in [0.2, 0.25) is 0 Å². The van der Waals surface area contributed by atoms with Crippen LogP contribution < -0.4 is 10.6 Å². The van der Waals surface area contributed by atoms with Crippen LogP contribution in [0, 0.1) is 5.92 Å². The van der Waals surface area contributed by atoms with Crippen LogP contribution in [0.3, 0.4) is 0 Å². The molecule has 5 rings (SSSR count). The van der Waals surface area contributed by atoms with Crippen molar-refractivity contribution in [3.63, 3.8) is 0 Å². The summed E-state index contributed by atoms with van der Waals surface area (Å²) in [4.78, 5) is 42.7. The van der Waals surface area contributed by atoms with Gasteiger partial charge in [0.05, 0.1) is 11.1 Å². The van der Waals surface area contributed by atoms with E-state index in [4.69, 9.17) is 0 Å². The molecule has 4 amide bonds. The van der Waals surface area contributed by atoms with Crippen molar-refractivity contribution in [1.82, 2.24) is 20.5 Å². The Morgan fingerprint density at radius 1 is 1.26 bits per heavy atom. The molecule has 1 aromatic heterocycles. The maximum Gasteiger partial charge on any atom is 0.325 e. The lowest BCUT2D eigenvalue weighted by molar-refractivity contribution is -0.131. The Morgan fingerprint density at radius 3 is 2.87 bits per heavy atom. The number of para-hydroxylation sites is 1. The number of amides is 4. The number of carbonyl (C=O) groups excluding carboxylic acids is 3. The second kappa shape index (κ2) is 7.70. The Morgan fingerprint density at radius 2 is 2.06 bits per heavy atom. The first-order chi connectivity index (χ1) is 15.0. The van der Waals surface area contributed by atoms with Gasteiger partial charge >= 0.3 is 6.03 Å². The second-order valence-corrected chi connectivity index (χ2v) is 9.44. The van der Waals surface area contributed by atoms with Crippen LogP contribution in [0.5, 0.6) is 0 Å². The molecular weight excluding hydrogens is 392 g/mol. The number of urea groups is 1. The van der Waals surface area contributed by atoms with E-state index in [1.807, 2.05) is 12.1 Å². The maximum atomic E-state index is 12.9. The Balaban J connectivity index is 1.21. The van der Waals surface area contributed by atoms with Crippen molar-refractivity contribution in [2.45, 2.75) is 63.8 Å². The number of nitrogens with one attached hydrogen (secondary N) is 3. The predicted molar refractivity (Wildman–Crippen MR) is 118 cm³/mol. The van der Waals surface area contributed by atoms with E-state index in [0.29, 0.717) is 31.0 Å². The van der Waals surface area contributed by atoms with Crippen molar-refractivity contribution in [3.05, 3.63) is 35.0 Å². The van der Waals surface area contributed by atoms with Crippen molar-refractivity contribution >= 4 is 28.7 Å². The molecule has 0 unspecified atom stereocenters. The molecule has 7 nitrogen and oxygen atoms in total. The topological polar surface area (TPSA) is 94.3 Å². The van der Waals surface area contributed by atoms with Crippen molar-refractivity contribution in [2.24, 2.45) is 5.92 Å². The number of rotatable bonds is 5. The maximum absolute atomic E-state index is 12.9. The number of aromatic amines is 1. The van der Waals surface area contributed by atoms with Gasteiger partial charge in [-0.25, -0.2) is 4.79 Å². The van der Waals surface area contributed by atoms with Crippen LogP contribution in [-0.4, -0.2) is 46.4 Å². The molecule has 1 aromatic carbocycles. The summed E-state index contributed by atoms with van der Waals surface area (Å²) in [6.45, 7) is 3.01. The molecular formula is C24H30N4O3. The standard InChI is InChI=1S/C24H30N4O3/c1-15-8-9-19-18(14-15)16-6-4-7-17(20(16)26-19)21(29)25-12-5-13-28-22(30)24(27-23(28)31)10-2-3-11-24/h4,6-7,15,26H,2-3,5,8-14H2,1H3,(H,25,29)(H,27,31)/t15-/m1/s1. The molecule has 2 aromatic rings. The fourth-order valence-electron chi connectivity index (χ4n) is 5.54. The highest BCUT2D eigenvalue weighted by Crippen LogP contribution is 2.35. The van der Waals surface area contributed by atoms with Gasteiger partial charge in [0, 0.05) is 24.2 Å². The molecule has 0 radical (unpaired) electrons. The first-order valence-corrected chi connectivity index (χ1v) is 11.5. The first-order valence-electron chi connectivity index (χ1n) is 11.5. The Labute approximate surface area is 181 Å². The van der Waals surface area contributed by atoms with Crippen LogP contribution in [0.4, 0.5) is 4.79 Å². The van der Waals surface area contributed by atoms with Crippen molar-refractivity contribution < 1.29 is 14.4 Å². The van der Waals surface area contributed by atoms with Gasteiger partial charge in [-0.15, -0.1) is 0 Å². The van der Waals surface area contributed by atoms with Crippen LogP contribution in [0.1, 0.15) is 67.1 Å². The summed E-state index contributed by atoms with van der Waals surface area (Å²) in [5, 5.41) is 7.01. The van der Waals surface area contributed by atoms with Gasteiger partial charge in [0.1, 0.15) is 5.54 Å². The second-order valence-electron chi connectivity index (χ2n) is 9.44.